The molecule has 1 aromatic heterocycles. The van der Waals surface area contributed by atoms with Gasteiger partial charge in [0, 0.05) is 22.1 Å². The van der Waals surface area contributed by atoms with Crippen LogP contribution in [0.1, 0.15) is 48.5 Å². The van der Waals surface area contributed by atoms with Crippen molar-refractivity contribution in [2.24, 2.45) is 5.41 Å². The van der Waals surface area contributed by atoms with Crippen molar-refractivity contribution in [3.05, 3.63) is 59.8 Å². The number of esters is 1. The molecule has 0 fully saturated rings. The van der Waals surface area contributed by atoms with Crippen LogP contribution in [-0.4, -0.2) is 34.0 Å². The molecule has 150 valence electrons. The zero-order valence-corrected chi connectivity index (χ0v) is 16.8. The van der Waals surface area contributed by atoms with Crippen LogP contribution in [0, 0.1) is 5.41 Å². The fraction of sp³-hybridized carbons (Fsp3) is 0.273. The Bertz CT molecular complexity index is 1060. The zero-order chi connectivity index (χ0) is 21.2. The molecule has 0 aliphatic carbocycles. The summed E-state index contributed by atoms with van der Waals surface area (Å²) in [6, 6.07) is 13.7. The van der Waals surface area contributed by atoms with E-state index in [1.54, 1.807) is 42.5 Å². The van der Waals surface area contributed by atoms with Gasteiger partial charge in [0.15, 0.2) is 11.8 Å². The number of ketones is 1. The molecule has 0 aliphatic rings. The lowest BCUT2D eigenvalue weighted by atomic mass is 9.95. The molecule has 1 atom stereocenters. The smallest absolute Gasteiger partial charge is 0.360 e. The Morgan fingerprint density at radius 1 is 1.03 bits per heavy atom. The number of hydrogen-bond acceptors (Lipinski definition) is 5. The number of hydrogen-bond donors (Lipinski definition) is 2. The minimum absolute atomic E-state index is 0.120. The summed E-state index contributed by atoms with van der Waals surface area (Å²) in [6.07, 6.45) is -0.979. The van der Waals surface area contributed by atoms with Gasteiger partial charge in [-0.05, 0) is 37.3 Å². The molecule has 2 N–H and O–H groups in total. The average Bonchev–Trinajstić information content (AvgIpc) is 3.11. The Morgan fingerprint density at radius 2 is 1.69 bits per heavy atom. The van der Waals surface area contributed by atoms with E-state index < -0.39 is 17.5 Å². The first-order valence-corrected chi connectivity index (χ1v) is 9.26. The maximum Gasteiger partial charge on any atom is 0.360 e. The van der Waals surface area contributed by atoms with E-state index in [-0.39, 0.29) is 17.4 Å². The van der Waals surface area contributed by atoms with Gasteiger partial charge in [0.25, 0.3) is 0 Å². The van der Waals surface area contributed by atoms with Crippen LogP contribution in [0.4, 0.5) is 5.69 Å². The normalized spacial score (nSPS) is 12.4. The molecule has 3 aromatic rings. The molecule has 1 amide bonds. The van der Waals surface area contributed by atoms with E-state index in [4.69, 9.17) is 4.74 Å². The lowest BCUT2D eigenvalue weighted by Crippen LogP contribution is -2.27. The number of nitrogens with zero attached hydrogens (tertiary/aromatic N) is 1. The highest BCUT2D eigenvalue weighted by molar-refractivity contribution is 6.05. The van der Waals surface area contributed by atoms with Gasteiger partial charge in [-0.1, -0.05) is 39.0 Å². The molecule has 2 aromatic carbocycles. The molecule has 0 saturated carbocycles. The van der Waals surface area contributed by atoms with Crippen LogP contribution >= 0.6 is 0 Å². The molecule has 1 heterocycles. The second-order valence-corrected chi connectivity index (χ2v) is 7.81. The number of carbonyl (C=O) groups is 3. The van der Waals surface area contributed by atoms with Crippen molar-refractivity contribution in [1.29, 1.82) is 0 Å². The summed E-state index contributed by atoms with van der Waals surface area (Å²) in [7, 11) is 0. The van der Waals surface area contributed by atoms with Gasteiger partial charge in [-0.15, -0.1) is 0 Å². The van der Waals surface area contributed by atoms with Crippen LogP contribution < -0.4 is 5.32 Å². The van der Waals surface area contributed by atoms with Crippen LogP contribution in [0.15, 0.2) is 48.5 Å². The van der Waals surface area contributed by atoms with E-state index in [0.717, 1.165) is 0 Å². The number of para-hydroxylation sites is 1. The summed E-state index contributed by atoms with van der Waals surface area (Å²) in [6.45, 7) is 6.97. The average molecular weight is 393 g/mol. The van der Waals surface area contributed by atoms with Crippen molar-refractivity contribution in [3.8, 4) is 0 Å². The van der Waals surface area contributed by atoms with E-state index in [9.17, 15) is 14.4 Å². The Hall–Kier alpha value is -3.48. The number of fused-ring (bicyclic) bond motifs is 1. The van der Waals surface area contributed by atoms with Crippen molar-refractivity contribution >= 4 is 34.3 Å². The predicted octanol–water partition coefficient (Wildman–Crippen LogP) is 3.98. The van der Waals surface area contributed by atoms with Gasteiger partial charge in [0.1, 0.15) is 0 Å². The summed E-state index contributed by atoms with van der Waals surface area (Å²) in [5.74, 6) is -1.13. The zero-order valence-electron chi connectivity index (χ0n) is 16.8. The minimum atomic E-state index is -0.979. The third-order valence-corrected chi connectivity index (χ3v) is 4.43. The summed E-state index contributed by atoms with van der Waals surface area (Å²) >= 11 is 0. The first kappa shape index (κ1) is 20.3. The molecule has 0 radical (unpaired) electrons. The van der Waals surface area contributed by atoms with Crippen molar-refractivity contribution < 1.29 is 19.1 Å². The maximum atomic E-state index is 12.6. The summed E-state index contributed by atoms with van der Waals surface area (Å²) in [5.41, 5.74) is 1.31. The number of rotatable bonds is 5. The lowest BCUT2D eigenvalue weighted by molar-refractivity contribution is -0.123. The second-order valence-electron chi connectivity index (χ2n) is 7.81. The van der Waals surface area contributed by atoms with Gasteiger partial charge in [0.05, 0.1) is 5.52 Å². The van der Waals surface area contributed by atoms with Crippen LogP contribution in [-0.2, 0) is 9.53 Å². The van der Waals surface area contributed by atoms with Crippen LogP contribution in [0.3, 0.4) is 0 Å². The predicted molar refractivity (Wildman–Crippen MR) is 110 cm³/mol. The number of carbonyl (C=O) groups excluding carboxylic acids is 3. The number of benzene rings is 2. The third-order valence-electron chi connectivity index (χ3n) is 4.43. The van der Waals surface area contributed by atoms with Crippen LogP contribution in [0.5, 0.6) is 0 Å². The summed E-state index contributed by atoms with van der Waals surface area (Å²) in [5, 5.41) is 10.2. The lowest BCUT2D eigenvalue weighted by Gasteiger charge is -2.18. The Kier molecular flexibility index (Phi) is 5.50. The largest absolute Gasteiger partial charge is 0.449 e. The fourth-order valence-corrected chi connectivity index (χ4v) is 2.66. The van der Waals surface area contributed by atoms with Gasteiger partial charge >= 0.3 is 5.97 Å². The van der Waals surface area contributed by atoms with Gasteiger partial charge in [-0.3, -0.25) is 14.7 Å². The van der Waals surface area contributed by atoms with E-state index in [2.05, 4.69) is 15.5 Å². The summed E-state index contributed by atoms with van der Waals surface area (Å²) in [4.78, 5) is 37.1. The Labute approximate surface area is 168 Å². The second kappa shape index (κ2) is 7.87. The number of Topliss-reactive ketones (excluding diaryl/α,β-unsaturated/α-hetero) is 1. The molecule has 3 rings (SSSR count). The van der Waals surface area contributed by atoms with Crippen molar-refractivity contribution in [2.45, 2.75) is 33.8 Å². The number of H-pyrrole nitrogens is 1. The van der Waals surface area contributed by atoms with Crippen LogP contribution in [0.2, 0.25) is 0 Å². The number of ether oxygens (including phenoxy) is 1. The molecule has 0 aliphatic heterocycles. The van der Waals surface area contributed by atoms with E-state index in [1.165, 1.54) is 6.92 Å². The third kappa shape index (κ3) is 4.51. The minimum Gasteiger partial charge on any atom is -0.449 e. The Balaban J connectivity index is 1.67. The SMILES string of the molecule is C[C@H](OC(=O)c1n[nH]c2ccccc12)C(=O)c1ccc(NC(=O)C(C)(C)C)cc1. The van der Waals surface area contributed by atoms with E-state index >= 15 is 0 Å². The molecular weight excluding hydrogens is 370 g/mol. The van der Waals surface area contributed by atoms with E-state index in [1.807, 2.05) is 26.8 Å². The molecule has 0 spiro atoms. The molecule has 0 unspecified atom stereocenters. The fourth-order valence-electron chi connectivity index (χ4n) is 2.66. The number of aromatic amines is 1. The monoisotopic (exact) mass is 393 g/mol. The quantitative estimate of drug-likeness (QED) is 0.504. The van der Waals surface area contributed by atoms with Gasteiger partial charge < -0.3 is 10.1 Å². The maximum absolute atomic E-state index is 12.6. The van der Waals surface area contributed by atoms with Crippen molar-refractivity contribution in [1.82, 2.24) is 10.2 Å². The molecule has 0 bridgehead atoms. The first-order chi connectivity index (χ1) is 13.7. The number of aromatic nitrogens is 2. The summed E-state index contributed by atoms with van der Waals surface area (Å²) < 4.78 is 5.32. The molecule has 7 nitrogen and oxygen atoms in total. The molecule has 7 heteroatoms. The topological polar surface area (TPSA) is 101 Å². The molecule has 0 saturated heterocycles. The highest BCUT2D eigenvalue weighted by Gasteiger charge is 2.24. The first-order valence-electron chi connectivity index (χ1n) is 9.26. The van der Waals surface area contributed by atoms with Crippen molar-refractivity contribution in [2.75, 3.05) is 5.32 Å². The van der Waals surface area contributed by atoms with Gasteiger partial charge in [-0.25, -0.2) is 4.79 Å². The van der Waals surface area contributed by atoms with E-state index in [0.29, 0.717) is 22.2 Å². The van der Waals surface area contributed by atoms with Gasteiger partial charge in [-0.2, -0.15) is 5.10 Å². The molecular formula is C22H23N3O4. The number of amides is 1. The van der Waals surface area contributed by atoms with Crippen LogP contribution in [0.25, 0.3) is 10.9 Å². The number of nitrogens with one attached hydrogen (secondary N) is 2. The van der Waals surface area contributed by atoms with Gasteiger partial charge in [0.2, 0.25) is 11.7 Å². The standard InChI is InChI=1S/C22H23N3O4/c1-13(29-20(27)18-16-7-5-6-8-17(16)24-25-18)19(26)14-9-11-15(12-10-14)23-21(28)22(2,3)4/h5-13H,1-4H3,(H,23,28)(H,24,25)/t13-/m0/s1. The Morgan fingerprint density at radius 3 is 2.34 bits per heavy atom. The number of anilines is 1. The van der Waals surface area contributed by atoms with Crippen molar-refractivity contribution in [3.63, 3.8) is 0 Å². The highest BCUT2D eigenvalue weighted by atomic mass is 16.5. The highest BCUT2D eigenvalue weighted by Crippen LogP contribution is 2.20. The molecule has 29 heavy (non-hydrogen) atoms.